The molecule has 0 aromatic heterocycles. The smallest absolute Gasteiger partial charge is 0.0741 e. The third-order valence-electron chi connectivity index (χ3n) is 5.25. The van der Waals surface area contributed by atoms with Gasteiger partial charge in [0.05, 0.1) is 5.60 Å². The summed E-state index contributed by atoms with van der Waals surface area (Å²) in [6, 6.07) is 1.41. The normalized spacial score (nSPS) is 36.5. The number of rotatable bonds is 2. The van der Waals surface area contributed by atoms with Crippen LogP contribution < -0.4 is 5.32 Å². The number of nitrogens with one attached hydrogen (secondary N) is 1. The van der Waals surface area contributed by atoms with Gasteiger partial charge in [-0.15, -0.1) is 0 Å². The fourth-order valence-electron chi connectivity index (χ4n) is 3.98. The topological polar surface area (TPSA) is 33.7 Å². The van der Waals surface area contributed by atoms with Gasteiger partial charge >= 0.3 is 0 Å². The van der Waals surface area contributed by atoms with Gasteiger partial charge in [-0.05, 0) is 52.1 Å². The molecule has 3 aliphatic rings. The first-order valence-electron chi connectivity index (χ1n) is 7.94. The lowest BCUT2D eigenvalue weighted by Gasteiger charge is -2.48. The molecule has 3 saturated heterocycles. The molecule has 1 spiro atoms. The van der Waals surface area contributed by atoms with Gasteiger partial charge in [0.15, 0.2) is 0 Å². The van der Waals surface area contributed by atoms with Gasteiger partial charge in [-0.1, -0.05) is 0 Å². The van der Waals surface area contributed by atoms with Crippen molar-refractivity contribution >= 4 is 0 Å². The van der Waals surface area contributed by atoms with Crippen LogP contribution in [0, 0.1) is 0 Å². The summed E-state index contributed by atoms with van der Waals surface area (Å²) in [6.45, 7) is 5.19. The van der Waals surface area contributed by atoms with Crippen LogP contribution >= 0.6 is 0 Å². The first-order valence-corrected chi connectivity index (χ1v) is 7.94. The number of likely N-dealkylation sites (tertiary alicyclic amines) is 1. The zero-order chi connectivity index (χ0) is 13.1. The van der Waals surface area contributed by atoms with E-state index in [0.717, 1.165) is 38.7 Å². The van der Waals surface area contributed by atoms with Crippen molar-refractivity contribution in [1.29, 1.82) is 0 Å². The van der Waals surface area contributed by atoms with Crippen LogP contribution in [0.3, 0.4) is 0 Å². The number of nitrogens with zero attached hydrogens (tertiary/aromatic N) is 1. The lowest BCUT2D eigenvalue weighted by molar-refractivity contribution is -0.152. The molecule has 0 amide bonds. The Kier molecular flexibility index (Phi) is 4.42. The highest BCUT2D eigenvalue weighted by Crippen LogP contribution is 2.36. The zero-order valence-corrected chi connectivity index (χ0v) is 12.2. The Balaban J connectivity index is 1.61. The molecular formula is C15H28N2O2. The highest BCUT2D eigenvalue weighted by molar-refractivity contribution is 4.94. The molecule has 19 heavy (non-hydrogen) atoms. The number of ether oxygens (including phenoxy) is 2. The van der Waals surface area contributed by atoms with Crippen LogP contribution in [0.1, 0.15) is 38.5 Å². The van der Waals surface area contributed by atoms with Crippen molar-refractivity contribution in [3.8, 4) is 0 Å². The molecule has 2 unspecified atom stereocenters. The van der Waals surface area contributed by atoms with Gasteiger partial charge in [0.1, 0.15) is 0 Å². The molecule has 1 N–H and O–H groups in total. The summed E-state index contributed by atoms with van der Waals surface area (Å²) in [4.78, 5) is 2.71. The van der Waals surface area contributed by atoms with E-state index in [1.807, 2.05) is 0 Å². The van der Waals surface area contributed by atoms with E-state index in [9.17, 15) is 0 Å². The van der Waals surface area contributed by atoms with Crippen molar-refractivity contribution in [2.45, 2.75) is 56.2 Å². The van der Waals surface area contributed by atoms with E-state index in [-0.39, 0.29) is 5.60 Å². The molecule has 0 bridgehead atoms. The van der Waals surface area contributed by atoms with Gasteiger partial charge in [-0.2, -0.15) is 0 Å². The maximum absolute atomic E-state index is 6.16. The van der Waals surface area contributed by atoms with Crippen LogP contribution in [0.2, 0.25) is 0 Å². The second-order valence-electron chi connectivity index (χ2n) is 6.41. The molecular weight excluding hydrogens is 240 g/mol. The minimum atomic E-state index is 0.133. The van der Waals surface area contributed by atoms with Crippen molar-refractivity contribution < 1.29 is 9.47 Å². The van der Waals surface area contributed by atoms with Crippen LogP contribution in [0.25, 0.3) is 0 Å². The van der Waals surface area contributed by atoms with E-state index < -0.39 is 0 Å². The maximum atomic E-state index is 6.16. The molecule has 0 aromatic rings. The fraction of sp³-hybridized carbons (Fsp3) is 1.00. The lowest BCUT2D eigenvalue weighted by Crippen LogP contribution is -2.55. The van der Waals surface area contributed by atoms with Crippen molar-refractivity contribution in [2.75, 3.05) is 40.0 Å². The molecule has 3 rings (SSSR count). The van der Waals surface area contributed by atoms with Gasteiger partial charge in [0, 0.05) is 38.4 Å². The van der Waals surface area contributed by atoms with Crippen LogP contribution in [0.15, 0.2) is 0 Å². The van der Waals surface area contributed by atoms with Crippen molar-refractivity contribution in [2.24, 2.45) is 0 Å². The van der Waals surface area contributed by atoms with Crippen LogP contribution in [0.4, 0.5) is 0 Å². The van der Waals surface area contributed by atoms with Crippen molar-refractivity contribution in [3.63, 3.8) is 0 Å². The van der Waals surface area contributed by atoms with Gasteiger partial charge in [0.2, 0.25) is 0 Å². The average molecular weight is 268 g/mol. The van der Waals surface area contributed by atoms with Crippen molar-refractivity contribution in [1.82, 2.24) is 10.2 Å². The minimum Gasteiger partial charge on any atom is -0.381 e. The summed E-state index contributed by atoms with van der Waals surface area (Å²) < 4.78 is 11.7. The molecule has 4 heteroatoms. The Hall–Kier alpha value is -0.160. The monoisotopic (exact) mass is 268 g/mol. The molecule has 2 atom stereocenters. The summed E-state index contributed by atoms with van der Waals surface area (Å²) in [5.41, 5.74) is 0.133. The molecule has 0 aliphatic carbocycles. The third kappa shape index (κ3) is 3.13. The Bertz CT molecular complexity index is 286. The van der Waals surface area contributed by atoms with Gasteiger partial charge in [-0.25, -0.2) is 0 Å². The second kappa shape index (κ2) is 6.08. The predicted molar refractivity (Wildman–Crippen MR) is 75.4 cm³/mol. The lowest BCUT2D eigenvalue weighted by atomic mass is 9.83. The summed E-state index contributed by atoms with van der Waals surface area (Å²) >= 11 is 0. The van der Waals surface area contributed by atoms with E-state index in [1.54, 1.807) is 0 Å². The number of likely N-dealkylation sites (N-methyl/N-ethyl adjacent to an activating group) is 1. The van der Waals surface area contributed by atoms with E-state index in [1.165, 1.54) is 38.8 Å². The predicted octanol–water partition coefficient (Wildman–Crippen LogP) is 1.40. The Labute approximate surface area is 116 Å². The molecule has 3 heterocycles. The quantitative estimate of drug-likeness (QED) is 0.821. The zero-order valence-electron chi connectivity index (χ0n) is 12.2. The van der Waals surface area contributed by atoms with E-state index in [4.69, 9.17) is 9.47 Å². The Morgan fingerprint density at radius 2 is 2.00 bits per heavy atom. The van der Waals surface area contributed by atoms with Crippen molar-refractivity contribution in [3.05, 3.63) is 0 Å². The second-order valence-corrected chi connectivity index (χ2v) is 6.41. The van der Waals surface area contributed by atoms with E-state index in [2.05, 4.69) is 17.3 Å². The summed E-state index contributed by atoms with van der Waals surface area (Å²) in [6.07, 6.45) is 7.26. The molecule has 0 aromatic carbocycles. The number of piperidine rings is 1. The summed E-state index contributed by atoms with van der Waals surface area (Å²) in [5, 5.41) is 3.45. The van der Waals surface area contributed by atoms with E-state index in [0.29, 0.717) is 6.04 Å². The van der Waals surface area contributed by atoms with Crippen LogP contribution in [0.5, 0.6) is 0 Å². The number of hydrogen-bond acceptors (Lipinski definition) is 4. The molecule has 110 valence electrons. The minimum absolute atomic E-state index is 0.133. The molecule has 0 radical (unpaired) electrons. The average Bonchev–Trinajstić information content (AvgIpc) is 2.48. The Morgan fingerprint density at radius 1 is 1.16 bits per heavy atom. The standard InChI is InChI=1S/C15H28N2O2/c1-16-13-3-2-7-17(12-13)14-4-8-19-15(11-14)5-9-18-10-6-15/h13-14,16H,2-12H2,1H3. The summed E-state index contributed by atoms with van der Waals surface area (Å²) in [7, 11) is 2.10. The van der Waals surface area contributed by atoms with Gasteiger partial charge in [0.25, 0.3) is 0 Å². The highest BCUT2D eigenvalue weighted by Gasteiger charge is 2.41. The largest absolute Gasteiger partial charge is 0.381 e. The molecule has 4 nitrogen and oxygen atoms in total. The first-order chi connectivity index (χ1) is 9.31. The Morgan fingerprint density at radius 3 is 2.79 bits per heavy atom. The van der Waals surface area contributed by atoms with Crippen LogP contribution in [-0.2, 0) is 9.47 Å². The molecule has 0 saturated carbocycles. The third-order valence-corrected chi connectivity index (χ3v) is 5.25. The van der Waals surface area contributed by atoms with Crippen LogP contribution in [-0.4, -0.2) is 62.5 Å². The van der Waals surface area contributed by atoms with Gasteiger partial charge < -0.3 is 14.8 Å². The molecule has 3 fully saturated rings. The number of hydrogen-bond donors (Lipinski definition) is 1. The summed E-state index contributed by atoms with van der Waals surface area (Å²) in [5.74, 6) is 0. The highest BCUT2D eigenvalue weighted by atomic mass is 16.5. The van der Waals surface area contributed by atoms with Gasteiger partial charge in [-0.3, -0.25) is 4.90 Å². The van der Waals surface area contributed by atoms with E-state index >= 15 is 0 Å². The fourth-order valence-corrected chi connectivity index (χ4v) is 3.98. The molecule has 3 aliphatic heterocycles. The SMILES string of the molecule is CNC1CCCN(C2CCOC3(CCOCC3)C2)C1. The first kappa shape index (κ1) is 13.8. The maximum Gasteiger partial charge on any atom is 0.0741 e.